The molecular weight excluding hydrogens is 947 g/mol. The van der Waals surface area contributed by atoms with E-state index in [0.29, 0.717) is 41.4 Å². The third-order valence-corrected chi connectivity index (χ3v) is 8.66. The summed E-state index contributed by atoms with van der Waals surface area (Å²) in [6, 6.07) is 21.8. The lowest BCUT2D eigenvalue weighted by molar-refractivity contribution is 0.774. The Morgan fingerprint density at radius 2 is 0.701 bits per heavy atom. The van der Waals surface area contributed by atoms with Gasteiger partial charge in [0.25, 0.3) is 0 Å². The second kappa shape index (κ2) is 65.9. The highest BCUT2D eigenvalue weighted by Crippen LogP contribution is 2.13. The lowest BCUT2D eigenvalue weighted by atomic mass is 10.1. The van der Waals surface area contributed by atoms with Crippen molar-refractivity contribution in [3.8, 4) is 0 Å². The number of hydrogen-bond donors (Lipinski definition) is 0. The van der Waals surface area contributed by atoms with Crippen LogP contribution in [0.5, 0.6) is 0 Å². The van der Waals surface area contributed by atoms with Crippen molar-refractivity contribution in [2.45, 2.75) is 235 Å². The van der Waals surface area contributed by atoms with Crippen LogP contribution < -0.4 is 0 Å². The molecule has 0 bridgehead atoms. The molecule has 0 aromatic carbocycles. The third kappa shape index (κ3) is 53.0. The van der Waals surface area contributed by atoms with Gasteiger partial charge in [-0.2, -0.15) is 10.2 Å². The molecule has 0 spiro atoms. The monoisotopic (exact) mass is 1060 g/mol. The Labute approximate surface area is 475 Å². The summed E-state index contributed by atoms with van der Waals surface area (Å²) in [4.78, 5) is 36.2. The molecule has 0 N–H and O–H groups in total. The van der Waals surface area contributed by atoms with Crippen LogP contribution in [0.25, 0.3) is 0 Å². The summed E-state index contributed by atoms with van der Waals surface area (Å²) in [7, 11) is 0. The Balaban J connectivity index is -0.000000143. The van der Waals surface area contributed by atoms with Crippen molar-refractivity contribution >= 4 is 0 Å². The van der Waals surface area contributed by atoms with E-state index in [1.165, 1.54) is 11.1 Å². The minimum Gasteiger partial charge on any atom is -0.265 e. The van der Waals surface area contributed by atoms with Crippen molar-refractivity contribution in [3.05, 3.63) is 187 Å². The van der Waals surface area contributed by atoms with Gasteiger partial charge in [-0.1, -0.05) is 206 Å². The van der Waals surface area contributed by atoms with Gasteiger partial charge < -0.3 is 0 Å². The van der Waals surface area contributed by atoms with E-state index >= 15 is 0 Å². The fourth-order valence-electron chi connectivity index (χ4n) is 4.66. The molecule has 77 heavy (non-hydrogen) atoms. The summed E-state index contributed by atoms with van der Waals surface area (Å²) in [6.07, 6.45) is 23.0. The molecule has 0 radical (unpaired) electrons. The molecule has 7 aromatic rings. The van der Waals surface area contributed by atoms with Gasteiger partial charge in [-0.15, -0.1) is 0 Å². The van der Waals surface area contributed by atoms with Crippen LogP contribution in [-0.2, 0) is 0 Å². The zero-order valence-corrected chi connectivity index (χ0v) is 54.3. The summed E-state index contributed by atoms with van der Waals surface area (Å²) >= 11 is 0. The van der Waals surface area contributed by atoms with Crippen LogP contribution in [0.1, 0.15) is 275 Å². The van der Waals surface area contributed by atoms with Crippen molar-refractivity contribution < 1.29 is 0 Å². The molecule has 0 amide bonds. The van der Waals surface area contributed by atoms with Gasteiger partial charge in [0.1, 0.15) is 12.2 Å². The van der Waals surface area contributed by atoms with Crippen molar-refractivity contribution in [1.82, 2.24) is 55.1 Å². The van der Waals surface area contributed by atoms with Gasteiger partial charge in [-0.3, -0.25) is 24.9 Å². The van der Waals surface area contributed by atoms with Gasteiger partial charge in [0.2, 0.25) is 0 Å². The molecule has 434 valence electrons. The molecule has 0 atom stereocenters. The van der Waals surface area contributed by atoms with Crippen LogP contribution >= 0.6 is 0 Å². The van der Waals surface area contributed by atoms with E-state index in [9.17, 15) is 0 Å². The van der Waals surface area contributed by atoms with Crippen LogP contribution in [0.3, 0.4) is 0 Å². The molecule has 7 heterocycles. The van der Waals surface area contributed by atoms with Crippen molar-refractivity contribution in [2.75, 3.05) is 0 Å². The first kappa shape index (κ1) is 84.7. The number of aromatic nitrogens is 11. The minimum atomic E-state index is 0.436. The summed E-state index contributed by atoms with van der Waals surface area (Å²) in [5.41, 5.74) is 7.03. The number of hydrogen-bond acceptors (Lipinski definition) is 11. The van der Waals surface area contributed by atoms with Gasteiger partial charge in [0.05, 0.1) is 11.4 Å². The SMILES string of the molecule is CC.CC.CC.CC.CC.CC.CC.CC(C)c1ccccn1.CC(C)c1cccnc1.CC(C)c1cccnn1.CC(C)c1ccncc1.CC(C)c1ccncn1.CC(C)c1cnccn1.CC(C)c1ncccn1. The maximum atomic E-state index is 4.18. The van der Waals surface area contributed by atoms with Gasteiger partial charge in [0, 0.05) is 91.7 Å². The fraction of sp³-hybridized carbons (Fsp3) is 0.530. The molecular formula is C66H115N11. The molecule has 0 unspecified atom stereocenters. The van der Waals surface area contributed by atoms with Crippen LogP contribution in [0.2, 0.25) is 0 Å². The second-order valence-electron chi connectivity index (χ2n) is 16.4. The molecule has 0 aliphatic heterocycles. The Kier molecular flexibility index (Phi) is 72.5. The van der Waals surface area contributed by atoms with Gasteiger partial charge in [0.15, 0.2) is 0 Å². The Morgan fingerprint density at radius 3 is 0.974 bits per heavy atom. The molecule has 0 fully saturated rings. The zero-order valence-electron chi connectivity index (χ0n) is 54.3. The highest BCUT2D eigenvalue weighted by atomic mass is 15.1. The van der Waals surface area contributed by atoms with E-state index in [1.54, 1.807) is 55.9 Å². The summed E-state index contributed by atoms with van der Waals surface area (Å²) in [6.45, 7) is 57.8. The van der Waals surface area contributed by atoms with Crippen LogP contribution in [0, 0.1) is 0 Å². The Hall–Kier alpha value is -6.23. The quantitative estimate of drug-likeness (QED) is 0.151. The number of pyridine rings is 3. The highest BCUT2D eigenvalue weighted by molar-refractivity contribution is 5.14. The van der Waals surface area contributed by atoms with Crippen LogP contribution in [-0.4, -0.2) is 55.1 Å². The van der Waals surface area contributed by atoms with Crippen LogP contribution in [0.15, 0.2) is 147 Å². The first-order valence-corrected chi connectivity index (χ1v) is 28.9. The van der Waals surface area contributed by atoms with Gasteiger partial charge >= 0.3 is 0 Å². The molecule has 0 saturated heterocycles. The van der Waals surface area contributed by atoms with E-state index in [1.807, 2.05) is 182 Å². The Bertz CT molecular complexity index is 1610. The summed E-state index contributed by atoms with van der Waals surface area (Å²) in [5, 5.41) is 7.68. The minimum absolute atomic E-state index is 0.436. The van der Waals surface area contributed by atoms with Crippen molar-refractivity contribution in [3.63, 3.8) is 0 Å². The predicted molar refractivity (Wildman–Crippen MR) is 339 cm³/mol. The molecule has 0 saturated carbocycles. The average Bonchev–Trinajstić information content (AvgIpc) is 3.51. The maximum absolute atomic E-state index is 4.18. The van der Waals surface area contributed by atoms with E-state index in [2.05, 4.69) is 158 Å². The van der Waals surface area contributed by atoms with E-state index in [0.717, 1.165) is 28.6 Å². The maximum Gasteiger partial charge on any atom is 0.130 e. The highest BCUT2D eigenvalue weighted by Gasteiger charge is 2.00. The van der Waals surface area contributed by atoms with E-state index in [-0.39, 0.29) is 0 Å². The van der Waals surface area contributed by atoms with Gasteiger partial charge in [-0.05, 0) is 101 Å². The lowest BCUT2D eigenvalue weighted by Gasteiger charge is -2.01. The zero-order chi connectivity index (χ0) is 60.8. The van der Waals surface area contributed by atoms with E-state index < -0.39 is 0 Å². The molecule has 7 aromatic heterocycles. The molecule has 0 aliphatic carbocycles. The summed E-state index contributed by atoms with van der Waals surface area (Å²) < 4.78 is 0. The predicted octanol–water partition coefficient (Wildman–Crippen LogP) is 20.2. The van der Waals surface area contributed by atoms with Crippen molar-refractivity contribution in [2.24, 2.45) is 0 Å². The molecule has 0 aliphatic rings. The average molecular weight is 1060 g/mol. The fourth-order valence-corrected chi connectivity index (χ4v) is 4.66. The number of nitrogens with zero attached hydrogens (tertiary/aromatic N) is 11. The van der Waals surface area contributed by atoms with Gasteiger partial charge in [-0.25, -0.2) is 19.9 Å². The smallest absolute Gasteiger partial charge is 0.130 e. The molecule has 7 rings (SSSR count). The second-order valence-corrected chi connectivity index (χ2v) is 16.4. The van der Waals surface area contributed by atoms with Crippen LogP contribution in [0.4, 0.5) is 0 Å². The van der Waals surface area contributed by atoms with Crippen molar-refractivity contribution in [1.29, 1.82) is 0 Å². The standard InChI is InChI=1S/3C8H11N.4C7H10N2.7C2H6/c1-7(2)8-3-5-9-6-4-8;1-7(2)8-4-3-5-9-6-8;1-7(2)8-5-3-4-6-9-8;1-6(2)7-5-8-3-4-9-7;1-6(2)7-3-4-8-5-9-7;1-6(2)7-8-4-3-5-9-7;1-6(2)7-4-3-5-8-9-7;7*1-2/h3*3-7H,1-2H3;4*3-6H,1-2H3;7*1-2H3. The summed E-state index contributed by atoms with van der Waals surface area (Å²) in [5.74, 6) is 4.59. The first-order chi connectivity index (χ1) is 37.1. The first-order valence-electron chi connectivity index (χ1n) is 28.9. The third-order valence-electron chi connectivity index (χ3n) is 8.66. The number of rotatable bonds is 7. The molecule has 11 heteroatoms. The lowest BCUT2D eigenvalue weighted by Crippen LogP contribution is -1.93. The molecule has 11 nitrogen and oxygen atoms in total. The van der Waals surface area contributed by atoms with E-state index in [4.69, 9.17) is 0 Å². The Morgan fingerprint density at radius 1 is 0.260 bits per heavy atom. The normalized spacial score (nSPS) is 8.82. The largest absolute Gasteiger partial charge is 0.265 e. The topological polar surface area (TPSA) is 142 Å².